The van der Waals surface area contributed by atoms with Crippen LogP contribution in [0.25, 0.3) is 0 Å². The number of nitrogens with zero attached hydrogens (tertiary/aromatic N) is 1. The van der Waals surface area contributed by atoms with Crippen LogP contribution in [0.15, 0.2) is 17.3 Å². The Balaban J connectivity index is 2.82. The molecule has 2 unspecified atom stereocenters. The minimum absolute atomic E-state index is 0.0644. The molecule has 3 heteroatoms. The van der Waals surface area contributed by atoms with Crippen LogP contribution in [0, 0.1) is 5.92 Å². The molecule has 0 aliphatic carbocycles. The maximum absolute atomic E-state index is 11.1. The standard InChI is InChI=1S/C8H12N2O/c1-5-4-9-8(11)6(2)7(3)10-5/h4,6-7,10H,1H2,2-3H3. The van der Waals surface area contributed by atoms with Crippen LogP contribution in [-0.4, -0.2) is 18.2 Å². The smallest absolute Gasteiger partial charge is 0.250 e. The van der Waals surface area contributed by atoms with Crippen LogP contribution in [0.4, 0.5) is 0 Å². The highest BCUT2D eigenvalue weighted by atomic mass is 16.1. The predicted octanol–water partition coefficient (Wildman–Crippen LogP) is 0.725. The van der Waals surface area contributed by atoms with E-state index in [2.05, 4.69) is 16.9 Å². The number of hydrogen-bond donors (Lipinski definition) is 1. The van der Waals surface area contributed by atoms with Gasteiger partial charge in [-0.15, -0.1) is 0 Å². The van der Waals surface area contributed by atoms with Gasteiger partial charge in [-0.25, -0.2) is 4.99 Å². The zero-order chi connectivity index (χ0) is 8.43. The molecule has 0 aromatic heterocycles. The lowest BCUT2D eigenvalue weighted by Crippen LogP contribution is -2.32. The van der Waals surface area contributed by atoms with Crippen molar-refractivity contribution < 1.29 is 4.79 Å². The van der Waals surface area contributed by atoms with Crippen molar-refractivity contribution in [3.05, 3.63) is 12.3 Å². The number of hydrogen-bond acceptors (Lipinski definition) is 2. The van der Waals surface area contributed by atoms with E-state index in [1.807, 2.05) is 13.8 Å². The Morgan fingerprint density at radius 1 is 1.64 bits per heavy atom. The second-order valence-electron chi connectivity index (χ2n) is 2.84. The van der Waals surface area contributed by atoms with Crippen molar-refractivity contribution in [1.29, 1.82) is 0 Å². The van der Waals surface area contributed by atoms with Crippen molar-refractivity contribution >= 4 is 12.1 Å². The molecule has 0 spiro atoms. The lowest BCUT2D eigenvalue weighted by molar-refractivity contribution is -0.121. The SMILES string of the molecule is C=C1C=NC(=O)C(C)C(C)N1. The molecule has 60 valence electrons. The molecular formula is C8H12N2O. The molecule has 1 rings (SSSR count). The fourth-order valence-corrected chi connectivity index (χ4v) is 0.928. The minimum atomic E-state index is -0.0800. The molecule has 2 atom stereocenters. The first-order chi connectivity index (χ1) is 5.11. The summed E-state index contributed by atoms with van der Waals surface area (Å²) in [4.78, 5) is 14.8. The van der Waals surface area contributed by atoms with Crippen LogP contribution in [-0.2, 0) is 4.79 Å². The third-order valence-electron chi connectivity index (χ3n) is 1.90. The quantitative estimate of drug-likeness (QED) is 0.556. The van der Waals surface area contributed by atoms with E-state index < -0.39 is 0 Å². The van der Waals surface area contributed by atoms with Crippen molar-refractivity contribution in [2.45, 2.75) is 19.9 Å². The van der Waals surface area contributed by atoms with E-state index in [9.17, 15) is 4.79 Å². The summed E-state index contributed by atoms with van der Waals surface area (Å²) >= 11 is 0. The summed E-state index contributed by atoms with van der Waals surface area (Å²) in [6.07, 6.45) is 1.47. The van der Waals surface area contributed by atoms with Gasteiger partial charge in [-0.3, -0.25) is 4.79 Å². The molecule has 0 aromatic carbocycles. The Morgan fingerprint density at radius 3 is 2.91 bits per heavy atom. The number of carbonyl (C=O) groups excluding carboxylic acids is 1. The third-order valence-corrected chi connectivity index (χ3v) is 1.90. The van der Waals surface area contributed by atoms with Gasteiger partial charge < -0.3 is 5.32 Å². The van der Waals surface area contributed by atoms with E-state index in [1.165, 1.54) is 6.21 Å². The van der Waals surface area contributed by atoms with Gasteiger partial charge in [-0.2, -0.15) is 0 Å². The topological polar surface area (TPSA) is 41.5 Å². The monoisotopic (exact) mass is 152 g/mol. The van der Waals surface area contributed by atoms with Gasteiger partial charge >= 0.3 is 0 Å². The van der Waals surface area contributed by atoms with E-state index in [1.54, 1.807) is 0 Å². The normalized spacial score (nSPS) is 31.5. The number of nitrogens with one attached hydrogen (secondary N) is 1. The molecular weight excluding hydrogens is 140 g/mol. The summed E-state index contributed by atoms with van der Waals surface area (Å²) in [5.41, 5.74) is 0.704. The van der Waals surface area contributed by atoms with Crippen LogP contribution in [0.5, 0.6) is 0 Å². The molecule has 0 bridgehead atoms. The Hall–Kier alpha value is -1.12. The average molecular weight is 152 g/mol. The first-order valence-corrected chi connectivity index (χ1v) is 3.64. The Bertz CT molecular complexity index is 220. The lowest BCUT2D eigenvalue weighted by Gasteiger charge is -2.16. The summed E-state index contributed by atoms with van der Waals surface area (Å²) in [7, 11) is 0. The molecule has 3 nitrogen and oxygen atoms in total. The first-order valence-electron chi connectivity index (χ1n) is 3.64. The number of allylic oxidation sites excluding steroid dienone is 1. The van der Waals surface area contributed by atoms with Gasteiger partial charge in [0.1, 0.15) is 0 Å². The molecule has 1 amide bonds. The van der Waals surface area contributed by atoms with Gasteiger partial charge in [0.2, 0.25) is 0 Å². The molecule has 0 fully saturated rings. The van der Waals surface area contributed by atoms with Crippen LogP contribution in [0.1, 0.15) is 13.8 Å². The van der Waals surface area contributed by atoms with Crippen molar-refractivity contribution in [1.82, 2.24) is 5.32 Å². The number of aliphatic imine (C=N–C) groups is 1. The van der Waals surface area contributed by atoms with Crippen molar-refractivity contribution in [3.63, 3.8) is 0 Å². The maximum atomic E-state index is 11.1. The third kappa shape index (κ3) is 1.67. The van der Waals surface area contributed by atoms with Crippen molar-refractivity contribution in [2.75, 3.05) is 0 Å². The van der Waals surface area contributed by atoms with Crippen LogP contribution >= 0.6 is 0 Å². The summed E-state index contributed by atoms with van der Waals surface area (Å²) in [5, 5.41) is 3.06. The second kappa shape index (κ2) is 2.86. The molecule has 0 radical (unpaired) electrons. The van der Waals surface area contributed by atoms with Crippen LogP contribution in [0.2, 0.25) is 0 Å². The lowest BCUT2D eigenvalue weighted by atomic mass is 10.0. The largest absolute Gasteiger partial charge is 0.381 e. The van der Waals surface area contributed by atoms with E-state index >= 15 is 0 Å². The average Bonchev–Trinajstić information content (AvgIpc) is 2.05. The number of amides is 1. The molecule has 0 saturated carbocycles. The van der Waals surface area contributed by atoms with E-state index in [0.717, 1.165) is 0 Å². The van der Waals surface area contributed by atoms with Gasteiger partial charge in [0.25, 0.3) is 5.91 Å². The van der Waals surface area contributed by atoms with Gasteiger partial charge in [0, 0.05) is 11.7 Å². The summed E-state index contributed by atoms with van der Waals surface area (Å²) in [6, 6.07) is 0.123. The molecule has 0 saturated heterocycles. The minimum Gasteiger partial charge on any atom is -0.381 e. The highest BCUT2D eigenvalue weighted by Crippen LogP contribution is 2.08. The highest BCUT2D eigenvalue weighted by Gasteiger charge is 2.21. The number of carbonyl (C=O) groups is 1. The Kier molecular flexibility index (Phi) is 2.08. The zero-order valence-electron chi connectivity index (χ0n) is 6.79. The molecule has 11 heavy (non-hydrogen) atoms. The Labute approximate surface area is 66.2 Å². The Morgan fingerprint density at radius 2 is 2.27 bits per heavy atom. The van der Waals surface area contributed by atoms with Gasteiger partial charge in [-0.1, -0.05) is 13.5 Å². The zero-order valence-corrected chi connectivity index (χ0v) is 6.79. The van der Waals surface area contributed by atoms with Gasteiger partial charge in [0.15, 0.2) is 0 Å². The summed E-state index contributed by atoms with van der Waals surface area (Å²) in [6.45, 7) is 7.48. The maximum Gasteiger partial charge on any atom is 0.250 e. The van der Waals surface area contributed by atoms with Gasteiger partial charge in [0.05, 0.1) is 12.1 Å². The highest BCUT2D eigenvalue weighted by molar-refractivity contribution is 5.93. The molecule has 1 aliphatic heterocycles. The summed E-state index contributed by atoms with van der Waals surface area (Å²) in [5.74, 6) is -0.144. The van der Waals surface area contributed by atoms with E-state index in [0.29, 0.717) is 5.70 Å². The van der Waals surface area contributed by atoms with Crippen LogP contribution in [0.3, 0.4) is 0 Å². The molecule has 0 aromatic rings. The van der Waals surface area contributed by atoms with Crippen molar-refractivity contribution in [3.8, 4) is 0 Å². The first kappa shape index (κ1) is 7.98. The number of rotatable bonds is 0. The predicted molar refractivity (Wildman–Crippen MR) is 44.4 cm³/mol. The van der Waals surface area contributed by atoms with E-state index in [4.69, 9.17) is 0 Å². The molecule has 1 heterocycles. The van der Waals surface area contributed by atoms with Crippen LogP contribution < -0.4 is 5.32 Å². The fraction of sp³-hybridized carbons (Fsp3) is 0.500. The fourth-order valence-electron chi connectivity index (χ4n) is 0.928. The van der Waals surface area contributed by atoms with E-state index in [-0.39, 0.29) is 17.9 Å². The molecule has 1 aliphatic rings. The summed E-state index contributed by atoms with van der Waals surface area (Å²) < 4.78 is 0. The van der Waals surface area contributed by atoms with Crippen molar-refractivity contribution in [2.24, 2.45) is 10.9 Å². The second-order valence-corrected chi connectivity index (χ2v) is 2.84. The molecule has 1 N–H and O–H groups in total. The van der Waals surface area contributed by atoms with Gasteiger partial charge in [-0.05, 0) is 6.92 Å².